The Morgan fingerprint density at radius 3 is 2.94 bits per heavy atom. The van der Waals surface area contributed by atoms with Crippen molar-refractivity contribution in [1.29, 1.82) is 0 Å². The van der Waals surface area contributed by atoms with E-state index in [1.807, 2.05) is 0 Å². The van der Waals surface area contributed by atoms with Gasteiger partial charge in [-0.3, -0.25) is 10.1 Å². The first-order chi connectivity index (χ1) is 8.61. The summed E-state index contributed by atoms with van der Waals surface area (Å²) in [6, 6.07) is 4.74. The van der Waals surface area contributed by atoms with E-state index in [9.17, 15) is 10.1 Å². The van der Waals surface area contributed by atoms with Crippen LogP contribution in [0.2, 0.25) is 0 Å². The Labute approximate surface area is 107 Å². The van der Waals surface area contributed by atoms with Gasteiger partial charge in [0.1, 0.15) is 0 Å². The smallest absolute Gasteiger partial charge is 0.271 e. The summed E-state index contributed by atoms with van der Waals surface area (Å²) < 4.78 is 0. The van der Waals surface area contributed by atoms with Crippen LogP contribution in [0.4, 0.5) is 17.1 Å². The molecule has 0 radical (unpaired) electrons. The van der Waals surface area contributed by atoms with Crippen LogP contribution in [0, 0.1) is 16.0 Å². The standard InChI is InChI=1S/C13H19N3O2/c1-2-3-10-6-7-15(9-10)13-5-4-11(16(17)18)8-12(13)14/h4-5,8,10H,2-3,6-7,9,14H2,1H3. The molecule has 0 bridgehead atoms. The highest BCUT2D eigenvalue weighted by Gasteiger charge is 2.23. The van der Waals surface area contributed by atoms with Crippen LogP contribution in [-0.2, 0) is 0 Å². The Kier molecular flexibility index (Phi) is 3.69. The van der Waals surface area contributed by atoms with Gasteiger partial charge in [0.05, 0.1) is 16.3 Å². The highest BCUT2D eigenvalue weighted by atomic mass is 16.6. The molecule has 2 N–H and O–H groups in total. The maximum Gasteiger partial charge on any atom is 0.271 e. The predicted molar refractivity (Wildman–Crippen MR) is 72.7 cm³/mol. The van der Waals surface area contributed by atoms with Crippen LogP contribution in [0.5, 0.6) is 0 Å². The van der Waals surface area contributed by atoms with Crippen molar-refractivity contribution in [3.05, 3.63) is 28.3 Å². The fourth-order valence-electron chi connectivity index (χ4n) is 2.64. The lowest BCUT2D eigenvalue weighted by Crippen LogP contribution is -2.20. The van der Waals surface area contributed by atoms with Crippen molar-refractivity contribution in [1.82, 2.24) is 0 Å². The van der Waals surface area contributed by atoms with E-state index < -0.39 is 4.92 Å². The summed E-state index contributed by atoms with van der Waals surface area (Å²) in [5.41, 5.74) is 7.40. The van der Waals surface area contributed by atoms with Crippen LogP contribution in [0.3, 0.4) is 0 Å². The average molecular weight is 249 g/mol. The van der Waals surface area contributed by atoms with Gasteiger partial charge in [0, 0.05) is 25.2 Å². The number of hydrogen-bond acceptors (Lipinski definition) is 4. The van der Waals surface area contributed by atoms with Gasteiger partial charge < -0.3 is 10.6 Å². The quantitative estimate of drug-likeness (QED) is 0.506. The number of nitro benzene ring substituents is 1. The molecule has 98 valence electrons. The number of benzene rings is 1. The SMILES string of the molecule is CCCC1CCN(c2ccc([N+](=O)[O-])cc2N)C1. The number of nitrogens with zero attached hydrogens (tertiary/aromatic N) is 2. The average Bonchev–Trinajstić information content (AvgIpc) is 2.77. The normalized spacial score (nSPS) is 19.2. The van der Waals surface area contributed by atoms with Gasteiger partial charge in [-0.25, -0.2) is 0 Å². The molecule has 2 rings (SSSR count). The fourth-order valence-corrected chi connectivity index (χ4v) is 2.64. The molecule has 1 saturated heterocycles. The Morgan fingerprint density at radius 2 is 2.33 bits per heavy atom. The zero-order chi connectivity index (χ0) is 13.1. The lowest BCUT2D eigenvalue weighted by molar-refractivity contribution is -0.384. The highest BCUT2D eigenvalue weighted by Crippen LogP contribution is 2.32. The Hall–Kier alpha value is -1.78. The van der Waals surface area contributed by atoms with Crippen LogP contribution in [-0.4, -0.2) is 18.0 Å². The van der Waals surface area contributed by atoms with E-state index in [0.29, 0.717) is 5.69 Å². The van der Waals surface area contributed by atoms with Crippen LogP contribution in [0.15, 0.2) is 18.2 Å². The van der Waals surface area contributed by atoms with Gasteiger partial charge in [0.15, 0.2) is 0 Å². The van der Waals surface area contributed by atoms with Crippen LogP contribution in [0.1, 0.15) is 26.2 Å². The second-order valence-electron chi connectivity index (χ2n) is 4.89. The summed E-state index contributed by atoms with van der Waals surface area (Å²) in [5, 5.41) is 10.7. The predicted octanol–water partition coefficient (Wildman–Crippen LogP) is 2.80. The Morgan fingerprint density at radius 1 is 1.56 bits per heavy atom. The molecule has 0 amide bonds. The molecule has 5 heteroatoms. The first kappa shape index (κ1) is 12.7. The molecule has 1 fully saturated rings. The minimum atomic E-state index is -0.413. The van der Waals surface area contributed by atoms with Crippen molar-refractivity contribution < 1.29 is 4.92 Å². The molecule has 1 heterocycles. The molecule has 1 aliphatic rings. The maximum atomic E-state index is 10.7. The molecule has 0 aromatic heterocycles. The third-order valence-electron chi connectivity index (χ3n) is 3.55. The zero-order valence-electron chi connectivity index (χ0n) is 10.6. The van der Waals surface area contributed by atoms with Crippen LogP contribution < -0.4 is 10.6 Å². The van der Waals surface area contributed by atoms with Crippen molar-refractivity contribution in [2.24, 2.45) is 5.92 Å². The number of rotatable bonds is 4. The van der Waals surface area contributed by atoms with E-state index in [0.717, 1.165) is 24.7 Å². The molecule has 1 aromatic rings. The molecule has 0 spiro atoms. The first-order valence-corrected chi connectivity index (χ1v) is 6.40. The van der Waals surface area contributed by atoms with Crippen molar-refractivity contribution in [3.8, 4) is 0 Å². The van der Waals surface area contributed by atoms with Crippen molar-refractivity contribution in [3.63, 3.8) is 0 Å². The Bertz CT molecular complexity index is 448. The summed E-state index contributed by atoms with van der Waals surface area (Å²) in [7, 11) is 0. The summed E-state index contributed by atoms with van der Waals surface area (Å²) >= 11 is 0. The Balaban J connectivity index is 2.12. The summed E-state index contributed by atoms with van der Waals surface area (Å²) in [4.78, 5) is 12.5. The molecule has 5 nitrogen and oxygen atoms in total. The monoisotopic (exact) mass is 249 g/mol. The molecule has 0 aliphatic carbocycles. The van der Waals surface area contributed by atoms with Gasteiger partial charge in [-0.15, -0.1) is 0 Å². The molecular weight excluding hydrogens is 230 g/mol. The largest absolute Gasteiger partial charge is 0.397 e. The minimum Gasteiger partial charge on any atom is -0.397 e. The van der Waals surface area contributed by atoms with Gasteiger partial charge in [-0.2, -0.15) is 0 Å². The molecule has 1 unspecified atom stereocenters. The number of hydrogen-bond donors (Lipinski definition) is 1. The molecule has 0 saturated carbocycles. The third kappa shape index (κ3) is 2.55. The molecule has 1 aliphatic heterocycles. The van der Waals surface area contributed by atoms with Crippen molar-refractivity contribution in [2.75, 3.05) is 23.7 Å². The maximum absolute atomic E-state index is 10.7. The number of nitro groups is 1. The second kappa shape index (κ2) is 5.25. The molecule has 1 aromatic carbocycles. The molecule has 18 heavy (non-hydrogen) atoms. The second-order valence-corrected chi connectivity index (χ2v) is 4.89. The highest BCUT2D eigenvalue weighted by molar-refractivity contribution is 5.71. The van der Waals surface area contributed by atoms with Crippen LogP contribution >= 0.6 is 0 Å². The lowest BCUT2D eigenvalue weighted by Gasteiger charge is -2.20. The number of non-ortho nitro benzene ring substituents is 1. The van der Waals surface area contributed by atoms with E-state index in [4.69, 9.17) is 5.73 Å². The zero-order valence-corrected chi connectivity index (χ0v) is 10.6. The number of anilines is 2. The number of nitrogen functional groups attached to an aromatic ring is 1. The van der Waals surface area contributed by atoms with E-state index >= 15 is 0 Å². The fraction of sp³-hybridized carbons (Fsp3) is 0.538. The van der Waals surface area contributed by atoms with Crippen LogP contribution in [0.25, 0.3) is 0 Å². The van der Waals surface area contributed by atoms with Gasteiger partial charge in [-0.05, 0) is 24.8 Å². The lowest BCUT2D eigenvalue weighted by atomic mass is 10.0. The minimum absolute atomic E-state index is 0.0561. The topological polar surface area (TPSA) is 72.4 Å². The van der Waals surface area contributed by atoms with Gasteiger partial charge in [-0.1, -0.05) is 13.3 Å². The van der Waals surface area contributed by atoms with E-state index in [2.05, 4.69) is 11.8 Å². The van der Waals surface area contributed by atoms with Crippen molar-refractivity contribution >= 4 is 17.1 Å². The molecular formula is C13H19N3O2. The summed E-state index contributed by atoms with van der Waals surface area (Å²) in [5.74, 6) is 0.726. The third-order valence-corrected chi connectivity index (χ3v) is 3.55. The van der Waals surface area contributed by atoms with Gasteiger partial charge >= 0.3 is 0 Å². The van der Waals surface area contributed by atoms with E-state index in [1.54, 1.807) is 6.07 Å². The molecule has 1 atom stereocenters. The summed E-state index contributed by atoms with van der Waals surface area (Å²) in [6.07, 6.45) is 3.63. The summed E-state index contributed by atoms with van der Waals surface area (Å²) in [6.45, 7) is 4.20. The van der Waals surface area contributed by atoms with E-state index in [-0.39, 0.29) is 5.69 Å². The van der Waals surface area contributed by atoms with Gasteiger partial charge in [0.2, 0.25) is 0 Å². The van der Waals surface area contributed by atoms with Gasteiger partial charge in [0.25, 0.3) is 5.69 Å². The first-order valence-electron chi connectivity index (χ1n) is 6.40. The van der Waals surface area contributed by atoms with E-state index in [1.165, 1.54) is 31.4 Å². The number of nitrogens with two attached hydrogens (primary N) is 1. The van der Waals surface area contributed by atoms with Crippen molar-refractivity contribution in [2.45, 2.75) is 26.2 Å².